The number of likely N-dealkylation sites (N-methyl/N-ethyl adjacent to an activating group) is 1. The van der Waals surface area contributed by atoms with E-state index >= 15 is 0 Å². The van der Waals surface area contributed by atoms with Crippen LogP contribution in [0.2, 0.25) is 0 Å². The number of benzene rings is 2. The van der Waals surface area contributed by atoms with Crippen LogP contribution in [-0.4, -0.2) is 108 Å². The van der Waals surface area contributed by atoms with Crippen molar-refractivity contribution in [3.8, 4) is 34.3 Å². The first-order valence-electron chi connectivity index (χ1n) is 13.9. The molecule has 2 saturated heterocycles. The van der Waals surface area contributed by atoms with E-state index in [1.165, 1.54) is 19.2 Å². The fraction of sp³-hybridized carbons (Fsp3) is 0.448. The van der Waals surface area contributed by atoms with Gasteiger partial charge in [0.05, 0.1) is 7.11 Å². The first-order chi connectivity index (χ1) is 21.1. The van der Waals surface area contributed by atoms with Gasteiger partial charge in [0, 0.05) is 43.5 Å². The van der Waals surface area contributed by atoms with E-state index in [1.54, 1.807) is 24.3 Å². The van der Waals surface area contributed by atoms with Crippen LogP contribution in [0.25, 0.3) is 22.3 Å². The molecule has 5 rings (SSSR count). The topological polar surface area (TPSA) is 221 Å². The fourth-order valence-electron chi connectivity index (χ4n) is 5.40. The third-order valence-electron chi connectivity index (χ3n) is 7.66. The predicted molar refractivity (Wildman–Crippen MR) is 154 cm³/mol. The molecule has 6 atom stereocenters. The minimum Gasteiger partial charge on any atom is -0.504 e. The van der Waals surface area contributed by atoms with E-state index in [9.17, 15) is 35.1 Å². The van der Waals surface area contributed by atoms with Gasteiger partial charge < -0.3 is 64.8 Å². The molecule has 238 valence electrons. The third-order valence-corrected chi connectivity index (χ3v) is 7.66. The molecule has 15 heteroatoms. The molecule has 0 saturated carbocycles. The normalized spacial score (nSPS) is 26.9. The molecule has 2 fully saturated rings. The average Bonchev–Trinajstić information content (AvgIpc) is 3.50. The maximum absolute atomic E-state index is 13.1. The van der Waals surface area contributed by atoms with Crippen LogP contribution in [-0.2, 0) is 9.53 Å². The highest BCUT2D eigenvalue weighted by Gasteiger charge is 2.59. The van der Waals surface area contributed by atoms with Gasteiger partial charge in [-0.05, 0) is 37.7 Å². The molecular formula is C29H35N3O12. The SMILES string of the molecule is CNCCOc1ccc(-c2cc(=O)c3c(O)c(OC)c(O[C@@H]4O[C@H](C(=O)O)[C@](O)(C[C@H]5CNCN5)[C@@H](O)[C@H]4O)cc3o2)cc1. The number of ether oxygens (including phenoxy) is 4. The molecule has 0 aliphatic carbocycles. The Kier molecular flexibility index (Phi) is 9.26. The number of aliphatic hydroxyl groups excluding tert-OH is 2. The summed E-state index contributed by atoms with van der Waals surface area (Å²) in [6, 6.07) is 8.82. The molecule has 0 radical (unpaired) electrons. The van der Waals surface area contributed by atoms with Crippen LogP contribution in [0.15, 0.2) is 45.6 Å². The molecule has 3 heterocycles. The molecule has 3 aromatic rings. The lowest BCUT2D eigenvalue weighted by molar-refractivity contribution is -0.306. The predicted octanol–water partition coefficient (Wildman–Crippen LogP) is -0.677. The van der Waals surface area contributed by atoms with E-state index in [-0.39, 0.29) is 34.6 Å². The number of hydrogen-bond acceptors (Lipinski definition) is 14. The monoisotopic (exact) mass is 617 g/mol. The number of carbonyl (C=O) groups is 1. The van der Waals surface area contributed by atoms with Crippen LogP contribution in [0.1, 0.15) is 6.42 Å². The maximum atomic E-state index is 13.1. The molecule has 0 amide bonds. The van der Waals surface area contributed by atoms with Crippen molar-refractivity contribution >= 4 is 16.9 Å². The molecule has 2 aliphatic heterocycles. The van der Waals surface area contributed by atoms with Gasteiger partial charge in [0.2, 0.25) is 12.0 Å². The molecule has 44 heavy (non-hydrogen) atoms. The van der Waals surface area contributed by atoms with E-state index in [4.69, 9.17) is 23.4 Å². The van der Waals surface area contributed by atoms with Gasteiger partial charge in [-0.25, -0.2) is 4.79 Å². The van der Waals surface area contributed by atoms with Crippen molar-refractivity contribution in [1.82, 2.24) is 16.0 Å². The van der Waals surface area contributed by atoms with E-state index in [1.807, 2.05) is 7.05 Å². The van der Waals surface area contributed by atoms with E-state index in [2.05, 4.69) is 16.0 Å². The Bertz CT molecular complexity index is 1540. The highest BCUT2D eigenvalue weighted by Crippen LogP contribution is 2.44. The summed E-state index contributed by atoms with van der Waals surface area (Å²) in [7, 11) is 3.00. The Morgan fingerprint density at radius 2 is 1.95 bits per heavy atom. The Hall–Kier alpha value is -3.96. The van der Waals surface area contributed by atoms with Gasteiger partial charge >= 0.3 is 5.97 Å². The summed E-state index contributed by atoms with van der Waals surface area (Å²) < 4.78 is 28.1. The first-order valence-corrected chi connectivity index (χ1v) is 13.9. The number of aliphatic carboxylic acids is 1. The summed E-state index contributed by atoms with van der Waals surface area (Å²) in [5, 5.41) is 62.7. The lowest BCUT2D eigenvalue weighted by Crippen LogP contribution is -2.70. The van der Waals surface area contributed by atoms with Crippen molar-refractivity contribution in [1.29, 1.82) is 0 Å². The van der Waals surface area contributed by atoms with Gasteiger partial charge in [0.25, 0.3) is 0 Å². The summed E-state index contributed by atoms with van der Waals surface area (Å²) in [6.07, 6.45) is -8.02. The molecule has 0 bridgehead atoms. The van der Waals surface area contributed by atoms with E-state index < -0.39 is 53.4 Å². The summed E-state index contributed by atoms with van der Waals surface area (Å²) in [4.78, 5) is 25.2. The standard InChI is InChI=1S/C29H35N3O12/c1-30-7-8-41-16-5-3-14(4-6-16)18-9-17(33)21-19(42-18)10-20(24(40-2)22(21)34)43-28-23(35)25(36)29(39,26(44-28)27(37)38)11-15-12-31-13-32-15/h3-6,9-10,15,23,25-26,28,30-32,34-36,39H,7-8,11-13H2,1-2H3,(H,37,38)/t15-,23+,25-,26+,28+,29-/m0/s1. The summed E-state index contributed by atoms with van der Waals surface area (Å²) in [6.45, 7) is 1.94. The number of fused-ring (bicyclic) bond motifs is 1. The molecule has 2 aliphatic rings. The van der Waals surface area contributed by atoms with Crippen LogP contribution in [0.5, 0.6) is 23.0 Å². The molecule has 15 nitrogen and oxygen atoms in total. The number of aromatic hydroxyl groups is 1. The van der Waals surface area contributed by atoms with Crippen molar-refractivity contribution in [3.05, 3.63) is 46.6 Å². The smallest absolute Gasteiger partial charge is 0.336 e. The number of rotatable bonds is 11. The first kappa shape index (κ1) is 31.5. The van der Waals surface area contributed by atoms with Crippen molar-refractivity contribution in [2.45, 2.75) is 42.7 Å². The molecule has 0 unspecified atom stereocenters. The Morgan fingerprint density at radius 3 is 2.59 bits per heavy atom. The number of aliphatic hydroxyl groups is 3. The average molecular weight is 618 g/mol. The minimum absolute atomic E-state index is 0.118. The Morgan fingerprint density at radius 1 is 1.20 bits per heavy atom. The highest BCUT2D eigenvalue weighted by molar-refractivity contribution is 5.89. The van der Waals surface area contributed by atoms with Crippen LogP contribution >= 0.6 is 0 Å². The number of phenolic OH excluding ortho intramolecular Hbond substituents is 1. The Balaban J connectivity index is 1.46. The summed E-state index contributed by atoms with van der Waals surface area (Å²) >= 11 is 0. The zero-order valence-electron chi connectivity index (χ0n) is 24.0. The van der Waals surface area contributed by atoms with Crippen molar-refractivity contribution in [2.75, 3.05) is 40.5 Å². The molecule has 8 N–H and O–H groups in total. The number of hydrogen-bond donors (Lipinski definition) is 8. The van der Waals surface area contributed by atoms with E-state index in [0.717, 1.165) is 0 Å². The van der Waals surface area contributed by atoms with Crippen molar-refractivity contribution < 1.29 is 53.7 Å². The second kappa shape index (κ2) is 13.0. The van der Waals surface area contributed by atoms with Crippen molar-refractivity contribution in [3.63, 3.8) is 0 Å². The van der Waals surface area contributed by atoms with Gasteiger partial charge in [0.15, 0.2) is 23.0 Å². The zero-order valence-corrected chi connectivity index (χ0v) is 24.0. The van der Waals surface area contributed by atoms with Crippen LogP contribution in [0, 0.1) is 0 Å². The largest absolute Gasteiger partial charge is 0.504 e. The number of carboxylic acids is 1. The Labute approximate surface area is 250 Å². The molecule has 0 spiro atoms. The van der Waals surface area contributed by atoms with Gasteiger partial charge in [-0.2, -0.15) is 0 Å². The minimum atomic E-state index is -2.38. The zero-order chi connectivity index (χ0) is 31.6. The van der Waals surface area contributed by atoms with Gasteiger partial charge in [-0.3, -0.25) is 4.79 Å². The fourth-order valence-corrected chi connectivity index (χ4v) is 5.40. The lowest BCUT2D eigenvalue weighted by atomic mass is 9.79. The second-order valence-electron chi connectivity index (χ2n) is 10.6. The maximum Gasteiger partial charge on any atom is 0.336 e. The van der Waals surface area contributed by atoms with E-state index in [0.29, 0.717) is 37.7 Å². The number of carboxylic acid groups (broad SMARTS) is 1. The van der Waals surface area contributed by atoms with Crippen molar-refractivity contribution in [2.24, 2.45) is 0 Å². The molecule has 1 aromatic heterocycles. The van der Waals surface area contributed by atoms with Crippen LogP contribution in [0.4, 0.5) is 0 Å². The van der Waals surface area contributed by atoms with Crippen LogP contribution < -0.4 is 35.6 Å². The van der Waals surface area contributed by atoms with Crippen LogP contribution in [0.3, 0.4) is 0 Å². The highest BCUT2D eigenvalue weighted by atomic mass is 16.7. The summed E-state index contributed by atoms with van der Waals surface area (Å²) in [5.41, 5.74) is -2.55. The quantitative estimate of drug-likeness (QED) is 0.125. The molecule has 2 aromatic carbocycles. The number of phenols is 1. The van der Waals surface area contributed by atoms with Gasteiger partial charge in [-0.1, -0.05) is 0 Å². The second-order valence-corrected chi connectivity index (χ2v) is 10.6. The van der Waals surface area contributed by atoms with Gasteiger partial charge in [0.1, 0.15) is 46.9 Å². The number of methoxy groups -OCH3 is 1. The van der Waals surface area contributed by atoms with Gasteiger partial charge in [-0.15, -0.1) is 0 Å². The lowest BCUT2D eigenvalue weighted by Gasteiger charge is -2.47. The number of nitrogens with one attached hydrogen (secondary N) is 3. The summed E-state index contributed by atoms with van der Waals surface area (Å²) in [5.74, 6) is -2.08. The molecular weight excluding hydrogens is 582 g/mol. The third kappa shape index (κ3) is 6.03.